The van der Waals surface area contributed by atoms with Gasteiger partial charge in [-0.3, -0.25) is 4.79 Å². The minimum Gasteiger partial charge on any atom is -0.312 e. The maximum Gasteiger partial charge on any atom is 0.256 e. The van der Waals surface area contributed by atoms with Gasteiger partial charge in [-0.15, -0.1) is 11.3 Å². The highest BCUT2D eigenvalue weighted by Crippen LogP contribution is 2.27. The van der Waals surface area contributed by atoms with Crippen LogP contribution in [-0.2, 0) is 9.84 Å². The van der Waals surface area contributed by atoms with Gasteiger partial charge in [0.05, 0.1) is 0 Å². The van der Waals surface area contributed by atoms with Crippen LogP contribution in [0, 0.1) is 0 Å². The van der Waals surface area contributed by atoms with Crippen molar-refractivity contribution in [1.82, 2.24) is 0 Å². The molecule has 0 saturated heterocycles. The van der Waals surface area contributed by atoms with Gasteiger partial charge in [-0.1, -0.05) is 18.2 Å². The summed E-state index contributed by atoms with van der Waals surface area (Å²) in [7, 11) is -3.32. The van der Waals surface area contributed by atoms with Gasteiger partial charge < -0.3 is 5.32 Å². The van der Waals surface area contributed by atoms with E-state index in [-0.39, 0.29) is 10.8 Å². The molecular weight excluding hydrogens is 270 g/mol. The van der Waals surface area contributed by atoms with Crippen LogP contribution in [-0.4, -0.2) is 20.6 Å². The van der Waals surface area contributed by atoms with Gasteiger partial charge in [-0.2, -0.15) is 0 Å². The molecule has 0 fully saturated rings. The number of rotatable bonds is 3. The lowest BCUT2D eigenvalue weighted by Crippen LogP contribution is -2.12. The van der Waals surface area contributed by atoms with Crippen molar-refractivity contribution in [1.29, 1.82) is 0 Å². The summed E-state index contributed by atoms with van der Waals surface area (Å²) in [5.41, 5.74) is 0.491. The first-order valence-corrected chi connectivity index (χ1v) is 7.89. The van der Waals surface area contributed by atoms with Crippen molar-refractivity contribution >= 4 is 32.1 Å². The highest BCUT2D eigenvalue weighted by Gasteiger charge is 2.16. The molecule has 1 N–H and O–H groups in total. The van der Waals surface area contributed by atoms with Gasteiger partial charge in [0.25, 0.3) is 5.91 Å². The van der Waals surface area contributed by atoms with E-state index in [9.17, 15) is 13.2 Å². The molecular formula is C12H11NO3S2. The first kappa shape index (κ1) is 12.8. The lowest BCUT2D eigenvalue weighted by molar-refractivity contribution is 0.102. The van der Waals surface area contributed by atoms with E-state index in [0.29, 0.717) is 10.6 Å². The lowest BCUT2D eigenvalue weighted by atomic mass is 10.2. The first-order chi connectivity index (χ1) is 8.48. The quantitative estimate of drug-likeness (QED) is 0.939. The van der Waals surface area contributed by atoms with Crippen LogP contribution in [0.4, 0.5) is 5.00 Å². The van der Waals surface area contributed by atoms with Gasteiger partial charge in [-0.05, 0) is 23.6 Å². The maximum atomic E-state index is 11.9. The van der Waals surface area contributed by atoms with E-state index in [2.05, 4.69) is 5.32 Å². The standard InChI is InChI=1S/C12H11NO3S2/c1-18(15,16)10-7-8-17-12(10)13-11(14)9-5-3-2-4-6-9/h2-8H,1H3,(H,13,14). The molecule has 1 heterocycles. The third-order valence-corrected chi connectivity index (χ3v) is 4.39. The molecule has 18 heavy (non-hydrogen) atoms. The minimum absolute atomic E-state index is 0.150. The summed E-state index contributed by atoms with van der Waals surface area (Å²) in [6.45, 7) is 0. The second-order valence-electron chi connectivity index (χ2n) is 3.71. The summed E-state index contributed by atoms with van der Waals surface area (Å²) in [6.07, 6.45) is 1.12. The Morgan fingerprint density at radius 1 is 1.17 bits per heavy atom. The number of sulfone groups is 1. The van der Waals surface area contributed by atoms with Crippen molar-refractivity contribution in [3.63, 3.8) is 0 Å². The van der Waals surface area contributed by atoms with Gasteiger partial charge in [0, 0.05) is 11.8 Å². The van der Waals surface area contributed by atoms with Gasteiger partial charge in [0.1, 0.15) is 9.90 Å². The molecule has 0 saturated carbocycles. The number of hydrogen-bond acceptors (Lipinski definition) is 4. The SMILES string of the molecule is CS(=O)(=O)c1ccsc1NC(=O)c1ccccc1. The van der Waals surface area contributed by atoms with Crippen LogP contribution in [0.1, 0.15) is 10.4 Å². The summed E-state index contributed by atoms with van der Waals surface area (Å²) in [6, 6.07) is 10.1. The van der Waals surface area contributed by atoms with Crippen LogP contribution in [0.2, 0.25) is 0 Å². The normalized spacial score (nSPS) is 11.2. The van der Waals surface area contributed by atoms with Crippen LogP contribution in [0.25, 0.3) is 0 Å². The third kappa shape index (κ3) is 2.77. The van der Waals surface area contributed by atoms with Crippen molar-refractivity contribution in [2.45, 2.75) is 4.90 Å². The Morgan fingerprint density at radius 2 is 1.83 bits per heavy atom. The van der Waals surface area contributed by atoms with E-state index in [1.54, 1.807) is 29.6 Å². The molecule has 94 valence electrons. The largest absolute Gasteiger partial charge is 0.312 e. The van der Waals surface area contributed by atoms with Crippen molar-refractivity contribution < 1.29 is 13.2 Å². The molecule has 1 aromatic heterocycles. The van der Waals surface area contributed by atoms with Crippen molar-refractivity contribution in [3.8, 4) is 0 Å². The third-order valence-electron chi connectivity index (χ3n) is 2.29. The molecule has 2 aromatic rings. The van der Waals surface area contributed by atoms with Gasteiger partial charge in [-0.25, -0.2) is 8.42 Å². The summed E-state index contributed by atoms with van der Waals surface area (Å²) in [4.78, 5) is 12.0. The Kier molecular flexibility index (Phi) is 3.49. The van der Waals surface area contributed by atoms with E-state index >= 15 is 0 Å². The summed E-state index contributed by atoms with van der Waals surface area (Å²) >= 11 is 1.19. The van der Waals surface area contributed by atoms with E-state index in [0.717, 1.165) is 6.26 Å². The first-order valence-electron chi connectivity index (χ1n) is 5.12. The number of nitrogens with one attached hydrogen (secondary N) is 1. The predicted octanol–water partition coefficient (Wildman–Crippen LogP) is 2.40. The van der Waals surface area contributed by atoms with Crippen molar-refractivity contribution in [2.75, 3.05) is 11.6 Å². The minimum atomic E-state index is -3.32. The molecule has 0 radical (unpaired) electrons. The smallest absolute Gasteiger partial charge is 0.256 e. The zero-order valence-electron chi connectivity index (χ0n) is 9.58. The zero-order valence-corrected chi connectivity index (χ0v) is 11.2. The number of benzene rings is 1. The van der Waals surface area contributed by atoms with Crippen LogP contribution in [0.5, 0.6) is 0 Å². The fourth-order valence-corrected chi connectivity index (χ4v) is 3.51. The van der Waals surface area contributed by atoms with Crippen molar-refractivity contribution in [2.24, 2.45) is 0 Å². The van der Waals surface area contributed by atoms with Crippen LogP contribution in [0.15, 0.2) is 46.7 Å². The molecule has 4 nitrogen and oxygen atoms in total. The van der Waals surface area contributed by atoms with Gasteiger partial charge in [0.2, 0.25) is 0 Å². The summed E-state index contributed by atoms with van der Waals surface area (Å²) in [5, 5.41) is 4.60. The fraction of sp³-hybridized carbons (Fsp3) is 0.0833. The molecule has 1 amide bonds. The van der Waals surface area contributed by atoms with E-state index in [1.165, 1.54) is 17.4 Å². The van der Waals surface area contributed by atoms with Crippen LogP contribution < -0.4 is 5.32 Å². The Balaban J connectivity index is 2.26. The lowest BCUT2D eigenvalue weighted by Gasteiger charge is -2.04. The number of carbonyl (C=O) groups is 1. The van der Waals surface area contributed by atoms with E-state index < -0.39 is 9.84 Å². The Hall–Kier alpha value is -1.66. The molecule has 1 aromatic carbocycles. The fourth-order valence-electron chi connectivity index (χ4n) is 1.45. The summed E-state index contributed by atoms with van der Waals surface area (Å²) < 4.78 is 23.0. The molecule has 0 aliphatic rings. The monoisotopic (exact) mass is 281 g/mol. The second-order valence-corrected chi connectivity index (χ2v) is 6.61. The topological polar surface area (TPSA) is 63.2 Å². The average molecular weight is 281 g/mol. The molecule has 2 rings (SSSR count). The molecule has 0 unspecified atom stereocenters. The molecule has 6 heteroatoms. The highest BCUT2D eigenvalue weighted by atomic mass is 32.2. The second kappa shape index (κ2) is 4.91. The van der Waals surface area contributed by atoms with Gasteiger partial charge >= 0.3 is 0 Å². The van der Waals surface area contributed by atoms with E-state index in [4.69, 9.17) is 0 Å². The molecule has 0 atom stereocenters. The molecule has 0 aliphatic carbocycles. The highest BCUT2D eigenvalue weighted by molar-refractivity contribution is 7.91. The zero-order chi connectivity index (χ0) is 13.2. The van der Waals surface area contributed by atoms with Crippen LogP contribution >= 0.6 is 11.3 Å². The average Bonchev–Trinajstić information content (AvgIpc) is 2.78. The number of hydrogen-bond donors (Lipinski definition) is 1. The maximum absolute atomic E-state index is 11.9. The number of carbonyl (C=O) groups excluding carboxylic acids is 1. The summed E-state index contributed by atoms with van der Waals surface area (Å²) in [5.74, 6) is -0.317. The Morgan fingerprint density at radius 3 is 2.44 bits per heavy atom. The Labute approximate surface area is 109 Å². The van der Waals surface area contributed by atoms with Crippen LogP contribution in [0.3, 0.4) is 0 Å². The molecule has 0 spiro atoms. The number of thiophene rings is 1. The number of anilines is 1. The molecule has 0 aliphatic heterocycles. The Bertz CT molecular complexity index is 660. The van der Waals surface area contributed by atoms with Crippen molar-refractivity contribution in [3.05, 3.63) is 47.3 Å². The van der Waals surface area contributed by atoms with E-state index in [1.807, 2.05) is 6.07 Å². The van der Waals surface area contributed by atoms with Gasteiger partial charge in [0.15, 0.2) is 9.84 Å². The predicted molar refractivity (Wildman–Crippen MR) is 71.8 cm³/mol. The number of amides is 1. The molecule has 0 bridgehead atoms.